The van der Waals surface area contributed by atoms with Gasteiger partial charge in [0, 0.05) is 19.6 Å². The van der Waals surface area contributed by atoms with Crippen LogP contribution in [0.4, 0.5) is 0 Å². The number of carbonyl (C=O) groups excluding carboxylic acids is 1. The number of hydrogen-bond donors (Lipinski definition) is 2. The van der Waals surface area contributed by atoms with Gasteiger partial charge in [0.2, 0.25) is 0 Å². The van der Waals surface area contributed by atoms with E-state index in [0.717, 1.165) is 57.8 Å². The Kier molecular flexibility index (Phi) is 36.5. The fourth-order valence-electron chi connectivity index (χ4n) is 5.16. The van der Waals surface area contributed by atoms with Crippen LogP contribution in [-0.2, 0) is 27.9 Å². The molecule has 0 aromatic heterocycles. The van der Waals surface area contributed by atoms with Gasteiger partial charge in [-0.1, -0.05) is 152 Å². The van der Waals surface area contributed by atoms with Crippen LogP contribution in [-0.4, -0.2) is 49.9 Å². The van der Waals surface area contributed by atoms with Crippen molar-refractivity contribution in [1.82, 2.24) is 0 Å². The van der Waals surface area contributed by atoms with E-state index in [0.29, 0.717) is 13.0 Å². The fourth-order valence-corrected chi connectivity index (χ4v) is 5.93. The minimum absolute atomic E-state index is 0.0970. The number of ether oxygens (including phenoxy) is 2. The maximum atomic E-state index is 12.5. The summed E-state index contributed by atoms with van der Waals surface area (Å²) in [4.78, 5) is 22.3. The lowest BCUT2D eigenvalue weighted by Crippen LogP contribution is -2.28. The average Bonchev–Trinajstić information content (AvgIpc) is 3.09. The Hall–Kier alpha value is -1.54. The predicted octanol–water partition coefficient (Wildman–Crippen LogP) is 11.2. The maximum Gasteiger partial charge on any atom is 0.472 e. The maximum absolute atomic E-state index is 12.5. The molecule has 0 spiro atoms. The smallest absolute Gasteiger partial charge is 0.457 e. The highest BCUT2D eigenvalue weighted by Crippen LogP contribution is 2.43. The summed E-state index contributed by atoms with van der Waals surface area (Å²) >= 11 is 0. The summed E-state index contributed by atoms with van der Waals surface area (Å²) in [7, 11) is -4.26. The SMILES string of the molecule is CC/C=C\C/C=C\C/C=C\C/C=C\CCCCCCCCCCCCC(=O)OC(COCCCCCCCCC)COP(=O)(O)OCCN. The van der Waals surface area contributed by atoms with E-state index < -0.39 is 13.9 Å². The summed E-state index contributed by atoms with van der Waals surface area (Å²) in [5.41, 5.74) is 5.34. The van der Waals surface area contributed by atoms with Gasteiger partial charge in [0.15, 0.2) is 0 Å². The van der Waals surface area contributed by atoms with Crippen molar-refractivity contribution >= 4 is 13.8 Å². The molecule has 0 saturated carbocycles. The number of phosphoric acid groups is 1. The van der Waals surface area contributed by atoms with Gasteiger partial charge in [-0.25, -0.2) is 4.57 Å². The van der Waals surface area contributed by atoms with Crippen LogP contribution >= 0.6 is 7.82 Å². The second-order valence-corrected chi connectivity index (χ2v) is 14.2. The van der Waals surface area contributed by atoms with Gasteiger partial charge in [0.05, 0.1) is 19.8 Å². The summed E-state index contributed by atoms with van der Waals surface area (Å²) in [5.74, 6) is -0.339. The summed E-state index contributed by atoms with van der Waals surface area (Å²) in [6, 6.07) is 0. The molecule has 0 amide bonds. The molecule has 49 heavy (non-hydrogen) atoms. The summed E-state index contributed by atoms with van der Waals surface area (Å²) in [5, 5.41) is 0. The molecule has 2 atom stereocenters. The number of unbranched alkanes of at least 4 members (excludes halogenated alkanes) is 16. The van der Waals surface area contributed by atoms with Crippen LogP contribution in [0, 0.1) is 0 Å². The Morgan fingerprint density at radius 3 is 1.71 bits per heavy atom. The molecule has 0 aromatic rings. The van der Waals surface area contributed by atoms with Gasteiger partial charge in [-0.3, -0.25) is 13.8 Å². The molecule has 0 bridgehead atoms. The van der Waals surface area contributed by atoms with Crippen molar-refractivity contribution in [3.63, 3.8) is 0 Å². The highest BCUT2D eigenvalue weighted by atomic mass is 31.2. The topological polar surface area (TPSA) is 117 Å². The average molecular weight is 712 g/mol. The van der Waals surface area contributed by atoms with Crippen LogP contribution in [0.15, 0.2) is 48.6 Å². The van der Waals surface area contributed by atoms with Crippen LogP contribution in [0.1, 0.15) is 162 Å². The highest BCUT2D eigenvalue weighted by Gasteiger charge is 2.25. The molecule has 2 unspecified atom stereocenters. The molecule has 0 aromatic carbocycles. The largest absolute Gasteiger partial charge is 0.472 e. The van der Waals surface area contributed by atoms with E-state index in [1.54, 1.807) is 0 Å². The Morgan fingerprint density at radius 1 is 0.633 bits per heavy atom. The molecule has 3 N–H and O–H groups in total. The first-order chi connectivity index (χ1) is 23.9. The molecule has 0 radical (unpaired) electrons. The Morgan fingerprint density at radius 2 is 1.14 bits per heavy atom. The number of carbonyl (C=O) groups is 1. The first-order valence-corrected chi connectivity index (χ1v) is 21.1. The van der Waals surface area contributed by atoms with Crippen molar-refractivity contribution in [2.75, 3.05) is 33.0 Å². The lowest BCUT2D eigenvalue weighted by atomic mass is 10.0. The second kappa shape index (κ2) is 37.7. The number of esters is 1. The van der Waals surface area contributed by atoms with Gasteiger partial charge in [-0.05, 0) is 51.4 Å². The van der Waals surface area contributed by atoms with E-state index >= 15 is 0 Å². The minimum atomic E-state index is -4.26. The molecule has 286 valence electrons. The van der Waals surface area contributed by atoms with E-state index in [-0.39, 0.29) is 32.3 Å². The summed E-state index contributed by atoms with van der Waals surface area (Å²) < 4.78 is 33.2. The molecular formula is C40H74NO7P. The third-order valence-electron chi connectivity index (χ3n) is 8.01. The van der Waals surface area contributed by atoms with E-state index in [4.69, 9.17) is 24.3 Å². The minimum Gasteiger partial charge on any atom is -0.457 e. The van der Waals surface area contributed by atoms with Crippen LogP contribution in [0.3, 0.4) is 0 Å². The van der Waals surface area contributed by atoms with E-state index in [1.807, 2.05) is 0 Å². The molecule has 0 fully saturated rings. The van der Waals surface area contributed by atoms with Crippen molar-refractivity contribution in [1.29, 1.82) is 0 Å². The first-order valence-electron chi connectivity index (χ1n) is 19.6. The van der Waals surface area contributed by atoms with Gasteiger partial charge in [-0.15, -0.1) is 0 Å². The summed E-state index contributed by atoms with van der Waals surface area (Å²) in [6.45, 7) is 4.76. The molecule has 8 nitrogen and oxygen atoms in total. The lowest BCUT2D eigenvalue weighted by molar-refractivity contribution is -0.154. The number of rotatable bonds is 37. The monoisotopic (exact) mass is 712 g/mol. The van der Waals surface area contributed by atoms with Crippen LogP contribution in [0.25, 0.3) is 0 Å². The standard InChI is InChI=1S/C40H74NO7P/c1-3-5-7-9-11-12-13-14-15-16-17-18-19-20-21-22-23-24-25-26-27-29-31-33-40(42)48-39(38-47-49(43,44)46-36-34-41)37-45-35-32-30-28-10-8-6-4-2/h5,7,11-12,14-15,17-18,39H,3-4,6,8-10,13,16,19-38,41H2,1-2H3,(H,43,44)/b7-5-,12-11-,15-14-,18-17-. The van der Waals surface area contributed by atoms with Gasteiger partial charge in [-0.2, -0.15) is 0 Å². The molecule has 0 heterocycles. The van der Waals surface area contributed by atoms with Crippen LogP contribution in [0.2, 0.25) is 0 Å². The van der Waals surface area contributed by atoms with Crippen molar-refractivity contribution in [3.05, 3.63) is 48.6 Å². The highest BCUT2D eigenvalue weighted by molar-refractivity contribution is 7.47. The lowest BCUT2D eigenvalue weighted by Gasteiger charge is -2.20. The molecule has 0 rings (SSSR count). The molecule has 0 aliphatic heterocycles. The van der Waals surface area contributed by atoms with E-state index in [1.165, 1.54) is 83.5 Å². The van der Waals surface area contributed by atoms with E-state index in [2.05, 4.69) is 62.5 Å². The Bertz CT molecular complexity index is 890. The van der Waals surface area contributed by atoms with Crippen molar-refractivity contribution in [3.8, 4) is 0 Å². The van der Waals surface area contributed by atoms with Gasteiger partial charge < -0.3 is 20.1 Å². The van der Waals surface area contributed by atoms with Gasteiger partial charge in [0.25, 0.3) is 0 Å². The molecular weight excluding hydrogens is 637 g/mol. The Labute approximate surface area is 301 Å². The second-order valence-electron chi connectivity index (χ2n) is 12.8. The number of nitrogens with two attached hydrogens (primary N) is 1. The number of phosphoric ester groups is 1. The third kappa shape index (κ3) is 37.5. The first kappa shape index (κ1) is 47.5. The quantitative estimate of drug-likeness (QED) is 0.0283. The summed E-state index contributed by atoms with van der Waals surface area (Å²) in [6.07, 6.45) is 42.8. The zero-order chi connectivity index (χ0) is 35.9. The molecule has 0 aliphatic rings. The van der Waals surface area contributed by atoms with Crippen LogP contribution in [0.5, 0.6) is 0 Å². The normalized spacial score (nSPS) is 14.1. The number of hydrogen-bond acceptors (Lipinski definition) is 7. The molecule has 9 heteroatoms. The van der Waals surface area contributed by atoms with Crippen LogP contribution < -0.4 is 5.73 Å². The zero-order valence-electron chi connectivity index (χ0n) is 31.4. The molecule has 0 saturated heterocycles. The van der Waals surface area contributed by atoms with Gasteiger partial charge >= 0.3 is 13.8 Å². The Balaban J connectivity index is 3.93. The van der Waals surface area contributed by atoms with Crippen molar-refractivity contribution in [2.24, 2.45) is 5.73 Å². The van der Waals surface area contributed by atoms with Crippen molar-refractivity contribution in [2.45, 2.75) is 168 Å². The van der Waals surface area contributed by atoms with Crippen molar-refractivity contribution < 1.29 is 32.8 Å². The number of allylic oxidation sites excluding steroid dienone is 8. The zero-order valence-corrected chi connectivity index (χ0v) is 32.3. The fraction of sp³-hybridized carbons (Fsp3) is 0.775. The van der Waals surface area contributed by atoms with E-state index in [9.17, 15) is 14.3 Å². The predicted molar refractivity (Wildman–Crippen MR) is 206 cm³/mol. The third-order valence-corrected chi connectivity index (χ3v) is 8.99. The molecule has 0 aliphatic carbocycles. The van der Waals surface area contributed by atoms with Gasteiger partial charge in [0.1, 0.15) is 6.10 Å².